The van der Waals surface area contributed by atoms with E-state index in [-0.39, 0.29) is 11.9 Å². The second kappa shape index (κ2) is 6.44. The van der Waals surface area contributed by atoms with E-state index < -0.39 is 6.03 Å². The number of nitrogens with zero attached hydrogens (tertiary/aromatic N) is 3. The van der Waals surface area contributed by atoms with Gasteiger partial charge in [-0.15, -0.1) is 16.4 Å². The van der Waals surface area contributed by atoms with Gasteiger partial charge in [-0.25, -0.2) is 9.78 Å². The summed E-state index contributed by atoms with van der Waals surface area (Å²) in [5.41, 5.74) is 1.11. The van der Waals surface area contributed by atoms with Gasteiger partial charge in [-0.3, -0.25) is 5.32 Å². The highest BCUT2D eigenvalue weighted by molar-refractivity contribution is 7.09. The predicted molar refractivity (Wildman–Crippen MR) is 85.8 cm³/mol. The number of methoxy groups -OCH3 is 1. The van der Waals surface area contributed by atoms with Crippen LogP contribution in [0.3, 0.4) is 0 Å². The number of nitrogens with one attached hydrogen (secondary N) is 2. The van der Waals surface area contributed by atoms with Crippen molar-refractivity contribution in [2.45, 2.75) is 6.92 Å². The first-order valence-electron chi connectivity index (χ1n) is 6.63. The Hall–Kier alpha value is -2.94. The molecule has 0 atom stereocenters. The van der Waals surface area contributed by atoms with Crippen molar-refractivity contribution in [3.63, 3.8) is 0 Å². The third-order valence-electron chi connectivity index (χ3n) is 2.84. The van der Waals surface area contributed by atoms with Gasteiger partial charge in [0.05, 0.1) is 17.8 Å². The zero-order valence-corrected chi connectivity index (χ0v) is 13.2. The highest BCUT2D eigenvalue weighted by Crippen LogP contribution is 2.24. The fourth-order valence-electron chi connectivity index (χ4n) is 1.84. The third kappa shape index (κ3) is 3.46. The van der Waals surface area contributed by atoms with E-state index in [0.717, 1.165) is 5.01 Å². The van der Waals surface area contributed by atoms with Crippen LogP contribution in [-0.4, -0.2) is 28.3 Å². The summed E-state index contributed by atoms with van der Waals surface area (Å²) in [7, 11) is 1.53. The number of aromatic nitrogens is 3. The Kier molecular flexibility index (Phi) is 4.20. The maximum Gasteiger partial charge on any atom is 0.327 e. The summed E-state index contributed by atoms with van der Waals surface area (Å²) in [5.74, 6) is 0.800. The van der Waals surface area contributed by atoms with Gasteiger partial charge in [0, 0.05) is 5.38 Å². The minimum atomic E-state index is -0.515. The van der Waals surface area contributed by atoms with Crippen molar-refractivity contribution >= 4 is 29.1 Å². The van der Waals surface area contributed by atoms with Crippen molar-refractivity contribution in [2.75, 3.05) is 17.7 Å². The van der Waals surface area contributed by atoms with Crippen molar-refractivity contribution in [1.29, 1.82) is 0 Å². The van der Waals surface area contributed by atoms with Crippen molar-refractivity contribution in [3.05, 3.63) is 34.7 Å². The summed E-state index contributed by atoms with van der Waals surface area (Å²) in [4.78, 5) is 16.2. The Balaban J connectivity index is 1.68. The number of ether oxygens (including phenoxy) is 1. The number of anilines is 2. The molecular weight excluding hydrogens is 318 g/mol. The lowest BCUT2D eigenvalue weighted by Crippen LogP contribution is -2.20. The SMILES string of the molecule is COc1ccccc1NC(=O)Nc1nnc(-c2csc(C)n2)o1. The van der Waals surface area contributed by atoms with Crippen LogP contribution in [0.15, 0.2) is 34.1 Å². The smallest absolute Gasteiger partial charge is 0.327 e. The number of aryl methyl sites for hydroxylation is 1. The van der Waals surface area contributed by atoms with Crippen LogP contribution in [0.2, 0.25) is 0 Å². The average Bonchev–Trinajstić information content (AvgIpc) is 3.16. The van der Waals surface area contributed by atoms with Crippen molar-refractivity contribution in [2.24, 2.45) is 0 Å². The summed E-state index contributed by atoms with van der Waals surface area (Å²) < 4.78 is 10.5. The summed E-state index contributed by atoms with van der Waals surface area (Å²) >= 11 is 1.48. The zero-order valence-electron chi connectivity index (χ0n) is 12.4. The van der Waals surface area contributed by atoms with Crippen molar-refractivity contribution < 1.29 is 13.9 Å². The van der Waals surface area contributed by atoms with Crippen molar-refractivity contribution in [3.8, 4) is 17.3 Å². The fraction of sp³-hybridized carbons (Fsp3) is 0.143. The van der Waals surface area contributed by atoms with Gasteiger partial charge in [0.1, 0.15) is 11.4 Å². The van der Waals surface area contributed by atoms with Crippen LogP contribution in [-0.2, 0) is 0 Å². The van der Waals surface area contributed by atoms with E-state index in [1.165, 1.54) is 18.4 Å². The molecule has 0 bridgehead atoms. The predicted octanol–water partition coefficient (Wildman–Crippen LogP) is 3.15. The molecule has 2 heterocycles. The van der Waals surface area contributed by atoms with Gasteiger partial charge in [0.2, 0.25) is 0 Å². The molecule has 0 saturated heterocycles. The molecule has 8 nitrogen and oxygen atoms in total. The molecule has 0 fully saturated rings. The first kappa shape index (κ1) is 15.0. The van der Waals surface area contributed by atoms with E-state index in [1.54, 1.807) is 18.2 Å². The monoisotopic (exact) mass is 331 g/mol. The van der Waals surface area contributed by atoms with Crippen LogP contribution < -0.4 is 15.4 Å². The zero-order chi connectivity index (χ0) is 16.2. The molecule has 1 aromatic carbocycles. The number of carbonyl (C=O) groups excluding carboxylic acids is 1. The van der Waals surface area contributed by atoms with E-state index in [2.05, 4.69) is 25.8 Å². The number of urea groups is 1. The van der Waals surface area contributed by atoms with Crippen LogP contribution >= 0.6 is 11.3 Å². The Morgan fingerprint density at radius 1 is 1.26 bits per heavy atom. The number of amides is 2. The summed E-state index contributed by atoms with van der Waals surface area (Å²) in [6, 6.07) is 6.52. The van der Waals surface area contributed by atoms with E-state index in [9.17, 15) is 4.79 Å². The molecule has 0 aliphatic heterocycles. The minimum Gasteiger partial charge on any atom is -0.495 e. The third-order valence-corrected chi connectivity index (χ3v) is 3.61. The van der Waals surface area contributed by atoms with E-state index in [0.29, 0.717) is 17.1 Å². The van der Waals surface area contributed by atoms with Crippen LogP contribution in [0.5, 0.6) is 5.75 Å². The van der Waals surface area contributed by atoms with Crippen LogP contribution in [0.4, 0.5) is 16.5 Å². The van der Waals surface area contributed by atoms with Gasteiger partial charge in [-0.1, -0.05) is 17.2 Å². The lowest BCUT2D eigenvalue weighted by atomic mass is 10.3. The maximum atomic E-state index is 12.0. The first-order chi connectivity index (χ1) is 11.2. The normalized spacial score (nSPS) is 10.3. The molecule has 0 aliphatic carbocycles. The van der Waals surface area contributed by atoms with Gasteiger partial charge in [0.25, 0.3) is 5.89 Å². The molecule has 0 spiro atoms. The number of para-hydroxylation sites is 2. The Bertz CT molecular complexity index is 829. The molecule has 2 amide bonds. The molecule has 0 aliphatic rings. The highest BCUT2D eigenvalue weighted by Gasteiger charge is 2.14. The fourth-order valence-corrected chi connectivity index (χ4v) is 2.42. The molecule has 3 rings (SSSR count). The molecule has 0 saturated carbocycles. The lowest BCUT2D eigenvalue weighted by Gasteiger charge is -2.09. The molecule has 0 unspecified atom stereocenters. The lowest BCUT2D eigenvalue weighted by molar-refractivity contribution is 0.261. The number of hydrogen-bond acceptors (Lipinski definition) is 7. The molecule has 0 radical (unpaired) electrons. The molecule has 9 heteroatoms. The van der Waals surface area contributed by atoms with Crippen LogP contribution in [0, 0.1) is 6.92 Å². The molecule has 2 N–H and O–H groups in total. The number of hydrogen-bond donors (Lipinski definition) is 2. The molecule has 3 aromatic rings. The van der Waals surface area contributed by atoms with Crippen LogP contribution in [0.1, 0.15) is 5.01 Å². The quantitative estimate of drug-likeness (QED) is 0.761. The van der Waals surface area contributed by atoms with E-state index in [4.69, 9.17) is 9.15 Å². The van der Waals surface area contributed by atoms with Gasteiger partial charge >= 0.3 is 12.0 Å². The number of thiazole rings is 1. The second-order valence-corrected chi connectivity index (χ2v) is 5.51. The number of rotatable bonds is 4. The van der Waals surface area contributed by atoms with Gasteiger partial charge in [-0.2, -0.15) is 0 Å². The van der Waals surface area contributed by atoms with Gasteiger partial charge in [-0.05, 0) is 19.1 Å². The Morgan fingerprint density at radius 2 is 2.09 bits per heavy atom. The van der Waals surface area contributed by atoms with Crippen molar-refractivity contribution in [1.82, 2.24) is 15.2 Å². The highest BCUT2D eigenvalue weighted by atomic mass is 32.1. The molecular formula is C14H13N5O3S. The average molecular weight is 331 g/mol. The Morgan fingerprint density at radius 3 is 2.83 bits per heavy atom. The number of benzene rings is 1. The molecule has 23 heavy (non-hydrogen) atoms. The maximum absolute atomic E-state index is 12.0. The second-order valence-electron chi connectivity index (χ2n) is 4.44. The largest absolute Gasteiger partial charge is 0.495 e. The minimum absolute atomic E-state index is 0.0157. The summed E-state index contributed by atoms with van der Waals surface area (Å²) in [6.07, 6.45) is 0. The summed E-state index contributed by atoms with van der Waals surface area (Å²) in [5, 5.41) is 15.4. The molecule has 2 aromatic heterocycles. The van der Waals surface area contributed by atoms with E-state index in [1.807, 2.05) is 18.4 Å². The summed E-state index contributed by atoms with van der Waals surface area (Å²) in [6.45, 7) is 1.88. The Labute approximate surface area is 135 Å². The molecule has 118 valence electrons. The topological polar surface area (TPSA) is 102 Å². The standard InChI is InChI=1S/C14H13N5O3S/c1-8-15-10(7-23-8)12-18-19-14(22-12)17-13(20)16-9-5-3-4-6-11(9)21-2/h3-7H,1-2H3,(H2,16,17,19,20). The van der Waals surface area contributed by atoms with Crippen LogP contribution in [0.25, 0.3) is 11.6 Å². The number of carbonyl (C=O) groups is 1. The first-order valence-corrected chi connectivity index (χ1v) is 7.50. The van der Waals surface area contributed by atoms with Gasteiger partial charge in [0.15, 0.2) is 0 Å². The van der Waals surface area contributed by atoms with E-state index >= 15 is 0 Å². The van der Waals surface area contributed by atoms with Gasteiger partial charge < -0.3 is 14.5 Å².